The maximum Gasteiger partial charge on any atom is 0.335 e. The number of rotatable bonds is 7. The van der Waals surface area contributed by atoms with Crippen molar-refractivity contribution < 1.29 is 19.4 Å². The SMILES string of the molecule is Cc1ccc(CN2C(=O)/C(=C\c3ccc(OCc4ccc(C(=O)O)cc4)c(Cl)c3)SC2=S)cc1. The Labute approximate surface area is 212 Å². The third-order valence-corrected chi connectivity index (χ3v) is 6.86. The molecule has 1 aliphatic heterocycles. The predicted molar refractivity (Wildman–Crippen MR) is 139 cm³/mol. The molecule has 0 spiro atoms. The summed E-state index contributed by atoms with van der Waals surface area (Å²) in [6.45, 7) is 2.70. The standard InChI is InChI=1S/C26H20ClNO4S2/c1-16-2-4-17(5-3-16)14-28-24(29)23(34-26(28)33)13-19-8-11-22(21(27)12-19)32-15-18-6-9-20(10-7-18)25(30)31/h2-13H,14-15H2,1H3,(H,30,31)/b23-13+. The molecule has 0 bridgehead atoms. The molecule has 3 aromatic rings. The number of hydrogen-bond donors (Lipinski definition) is 1. The van der Waals surface area contributed by atoms with E-state index >= 15 is 0 Å². The number of carbonyl (C=O) groups is 2. The molecule has 1 N–H and O–H groups in total. The van der Waals surface area contributed by atoms with E-state index < -0.39 is 5.97 Å². The van der Waals surface area contributed by atoms with Crippen molar-refractivity contribution in [1.82, 2.24) is 4.90 Å². The summed E-state index contributed by atoms with van der Waals surface area (Å²) in [6.07, 6.45) is 1.77. The van der Waals surface area contributed by atoms with Crippen molar-refractivity contribution in [2.45, 2.75) is 20.1 Å². The number of aromatic carboxylic acids is 1. The third-order valence-electron chi connectivity index (χ3n) is 5.18. The zero-order valence-corrected chi connectivity index (χ0v) is 20.5. The smallest absolute Gasteiger partial charge is 0.335 e. The second-order valence-corrected chi connectivity index (χ2v) is 9.82. The number of thiocarbonyl (C=S) groups is 1. The maximum absolute atomic E-state index is 12.9. The minimum absolute atomic E-state index is 0.128. The first-order valence-corrected chi connectivity index (χ1v) is 12.0. The van der Waals surface area contributed by atoms with Gasteiger partial charge in [0.15, 0.2) is 0 Å². The summed E-state index contributed by atoms with van der Waals surface area (Å²) in [6, 6.07) is 19.8. The second kappa shape index (κ2) is 10.4. The van der Waals surface area contributed by atoms with E-state index in [1.807, 2.05) is 37.3 Å². The highest BCUT2D eigenvalue weighted by Gasteiger charge is 2.32. The number of ether oxygens (including phenoxy) is 1. The van der Waals surface area contributed by atoms with Gasteiger partial charge >= 0.3 is 5.97 Å². The number of aryl methyl sites for hydroxylation is 1. The molecule has 1 fully saturated rings. The fraction of sp³-hybridized carbons (Fsp3) is 0.115. The second-order valence-electron chi connectivity index (χ2n) is 7.73. The predicted octanol–water partition coefficient (Wildman–Crippen LogP) is 6.33. The lowest BCUT2D eigenvalue weighted by atomic mass is 10.1. The van der Waals surface area contributed by atoms with E-state index in [2.05, 4.69) is 0 Å². The Morgan fingerprint density at radius 2 is 1.76 bits per heavy atom. The first-order chi connectivity index (χ1) is 16.3. The zero-order chi connectivity index (χ0) is 24.2. The average molecular weight is 510 g/mol. The van der Waals surface area contributed by atoms with Crippen LogP contribution in [0.15, 0.2) is 71.6 Å². The summed E-state index contributed by atoms with van der Waals surface area (Å²) in [5.74, 6) is -0.608. The minimum Gasteiger partial charge on any atom is -0.487 e. The summed E-state index contributed by atoms with van der Waals surface area (Å²) in [4.78, 5) is 26.0. The van der Waals surface area contributed by atoms with Crippen molar-refractivity contribution in [3.8, 4) is 5.75 Å². The highest BCUT2D eigenvalue weighted by molar-refractivity contribution is 8.26. The molecule has 1 saturated heterocycles. The van der Waals surface area contributed by atoms with Crippen LogP contribution in [0.25, 0.3) is 6.08 Å². The Morgan fingerprint density at radius 3 is 2.41 bits per heavy atom. The molecule has 5 nitrogen and oxygen atoms in total. The summed E-state index contributed by atoms with van der Waals surface area (Å²) in [5, 5.41) is 9.39. The van der Waals surface area contributed by atoms with Crippen LogP contribution >= 0.6 is 35.6 Å². The maximum atomic E-state index is 12.9. The number of halogens is 1. The van der Waals surface area contributed by atoms with Crippen molar-refractivity contribution in [2.24, 2.45) is 0 Å². The van der Waals surface area contributed by atoms with Gasteiger partial charge in [0.2, 0.25) is 0 Å². The minimum atomic E-state index is -0.974. The van der Waals surface area contributed by atoms with Gasteiger partial charge < -0.3 is 9.84 Å². The molecule has 0 atom stereocenters. The Morgan fingerprint density at radius 1 is 1.09 bits per heavy atom. The van der Waals surface area contributed by atoms with E-state index in [1.165, 1.54) is 23.9 Å². The van der Waals surface area contributed by atoms with Crippen LogP contribution in [-0.2, 0) is 17.9 Å². The van der Waals surface area contributed by atoms with Gasteiger partial charge in [-0.25, -0.2) is 4.79 Å². The van der Waals surface area contributed by atoms with Gasteiger partial charge in [-0.1, -0.05) is 83.6 Å². The van der Waals surface area contributed by atoms with Gasteiger partial charge in [0.05, 0.1) is 22.0 Å². The molecule has 172 valence electrons. The van der Waals surface area contributed by atoms with Crippen LogP contribution in [0.5, 0.6) is 5.75 Å². The summed E-state index contributed by atoms with van der Waals surface area (Å²) >= 11 is 13.1. The summed E-state index contributed by atoms with van der Waals surface area (Å²) in [7, 11) is 0. The Hall–Kier alpha value is -3.13. The van der Waals surface area contributed by atoms with Crippen molar-refractivity contribution in [3.63, 3.8) is 0 Å². The monoisotopic (exact) mass is 509 g/mol. The van der Waals surface area contributed by atoms with Gasteiger partial charge in [-0.05, 0) is 54.0 Å². The molecule has 0 aliphatic carbocycles. The topological polar surface area (TPSA) is 66.8 Å². The van der Waals surface area contributed by atoms with E-state index in [-0.39, 0.29) is 18.1 Å². The highest BCUT2D eigenvalue weighted by Crippen LogP contribution is 2.35. The van der Waals surface area contributed by atoms with Crippen LogP contribution < -0.4 is 4.74 Å². The fourth-order valence-electron chi connectivity index (χ4n) is 3.29. The number of benzene rings is 3. The van der Waals surface area contributed by atoms with Gasteiger partial charge in [0, 0.05) is 0 Å². The van der Waals surface area contributed by atoms with Crippen LogP contribution in [0.2, 0.25) is 5.02 Å². The van der Waals surface area contributed by atoms with Gasteiger partial charge in [0.25, 0.3) is 5.91 Å². The molecular weight excluding hydrogens is 490 g/mol. The van der Waals surface area contributed by atoms with E-state index in [4.69, 9.17) is 33.7 Å². The van der Waals surface area contributed by atoms with Crippen molar-refractivity contribution in [1.29, 1.82) is 0 Å². The first-order valence-electron chi connectivity index (χ1n) is 10.4. The Balaban J connectivity index is 1.42. The Kier molecular flexibility index (Phi) is 7.36. The van der Waals surface area contributed by atoms with Crippen LogP contribution in [-0.4, -0.2) is 26.2 Å². The van der Waals surface area contributed by atoms with E-state index in [0.29, 0.717) is 26.5 Å². The zero-order valence-electron chi connectivity index (χ0n) is 18.2. The van der Waals surface area contributed by atoms with Gasteiger partial charge in [-0.2, -0.15) is 0 Å². The largest absolute Gasteiger partial charge is 0.487 e. The number of amides is 1. The lowest BCUT2D eigenvalue weighted by molar-refractivity contribution is -0.122. The average Bonchev–Trinajstić information content (AvgIpc) is 3.07. The third kappa shape index (κ3) is 5.67. The molecule has 8 heteroatoms. The van der Waals surface area contributed by atoms with E-state index in [1.54, 1.807) is 35.2 Å². The molecule has 0 aromatic heterocycles. The number of hydrogen-bond acceptors (Lipinski definition) is 5. The summed E-state index contributed by atoms with van der Waals surface area (Å²) in [5.41, 5.74) is 3.98. The molecule has 0 saturated carbocycles. The molecule has 1 heterocycles. The molecule has 4 rings (SSSR count). The molecule has 34 heavy (non-hydrogen) atoms. The van der Waals surface area contributed by atoms with Crippen molar-refractivity contribution in [2.75, 3.05) is 0 Å². The van der Waals surface area contributed by atoms with Crippen molar-refractivity contribution in [3.05, 3.63) is 104 Å². The quantitative estimate of drug-likeness (QED) is 0.296. The normalized spacial score (nSPS) is 14.6. The molecule has 0 radical (unpaired) electrons. The number of carboxylic acid groups (broad SMARTS) is 1. The molecular formula is C26H20ClNO4S2. The Bertz CT molecular complexity index is 1290. The van der Waals surface area contributed by atoms with Gasteiger partial charge in [-0.15, -0.1) is 0 Å². The molecule has 0 unspecified atom stereocenters. The van der Waals surface area contributed by atoms with Gasteiger partial charge in [-0.3, -0.25) is 9.69 Å². The lowest BCUT2D eigenvalue weighted by Gasteiger charge is -2.14. The van der Waals surface area contributed by atoms with Crippen LogP contribution in [0.1, 0.15) is 32.6 Å². The first kappa shape index (κ1) is 24.0. The highest BCUT2D eigenvalue weighted by atomic mass is 35.5. The van der Waals surface area contributed by atoms with Crippen LogP contribution in [0, 0.1) is 6.92 Å². The lowest BCUT2D eigenvalue weighted by Crippen LogP contribution is -2.27. The number of nitrogens with zero attached hydrogens (tertiary/aromatic N) is 1. The van der Waals surface area contributed by atoms with Crippen LogP contribution in [0.3, 0.4) is 0 Å². The number of carboxylic acids is 1. The molecule has 1 aliphatic rings. The van der Waals surface area contributed by atoms with Crippen molar-refractivity contribution >= 4 is 57.9 Å². The van der Waals surface area contributed by atoms with Crippen LogP contribution in [0.4, 0.5) is 0 Å². The molecule has 1 amide bonds. The van der Waals surface area contributed by atoms with Gasteiger partial charge in [0.1, 0.15) is 16.7 Å². The molecule has 3 aromatic carbocycles. The number of carbonyl (C=O) groups excluding carboxylic acids is 1. The summed E-state index contributed by atoms with van der Waals surface area (Å²) < 4.78 is 6.30. The van der Waals surface area contributed by atoms with E-state index in [9.17, 15) is 9.59 Å². The fourth-order valence-corrected chi connectivity index (χ4v) is 4.79. The van der Waals surface area contributed by atoms with E-state index in [0.717, 1.165) is 22.3 Å². The number of thioether (sulfide) groups is 1.